The van der Waals surface area contributed by atoms with Crippen molar-refractivity contribution < 1.29 is 30.8 Å². The van der Waals surface area contributed by atoms with Crippen LogP contribution in [0.1, 0.15) is 5.69 Å². The molecule has 0 aliphatic carbocycles. The molecule has 33 heavy (non-hydrogen) atoms. The zero-order valence-electron chi connectivity index (χ0n) is 16.9. The first kappa shape index (κ1) is 23.1. The van der Waals surface area contributed by atoms with Gasteiger partial charge >= 0.3 is 6.03 Å². The number of thiazole rings is 1. The lowest BCUT2D eigenvalue weighted by molar-refractivity contribution is 0.0134. The van der Waals surface area contributed by atoms with E-state index in [2.05, 4.69) is 4.98 Å². The number of hydrogen-bond donors (Lipinski definition) is 1. The molecule has 2 heterocycles. The zero-order valence-corrected chi connectivity index (χ0v) is 18.6. The first-order valence-corrected chi connectivity index (χ1v) is 11.7. The van der Waals surface area contributed by atoms with E-state index < -0.39 is 46.7 Å². The normalized spacial score (nSPS) is 16.4. The van der Waals surface area contributed by atoms with Crippen molar-refractivity contribution >= 4 is 38.2 Å². The lowest BCUT2D eigenvalue weighted by Gasteiger charge is -2.38. The molecule has 0 unspecified atom stereocenters. The molecule has 13 heteroatoms. The van der Waals surface area contributed by atoms with Crippen molar-refractivity contribution in [2.75, 3.05) is 22.9 Å². The second-order valence-corrected chi connectivity index (χ2v) is 10.1. The summed E-state index contributed by atoms with van der Waals surface area (Å²) in [5.74, 6) is -4.65. The van der Waals surface area contributed by atoms with E-state index in [4.69, 9.17) is 5.14 Å². The van der Waals surface area contributed by atoms with Crippen LogP contribution < -0.4 is 14.9 Å². The fourth-order valence-electron chi connectivity index (χ4n) is 3.43. The van der Waals surface area contributed by atoms with Gasteiger partial charge in [-0.25, -0.2) is 40.9 Å². The van der Waals surface area contributed by atoms with Crippen molar-refractivity contribution in [3.05, 3.63) is 59.8 Å². The smallest absolute Gasteiger partial charge is 0.288 e. The van der Waals surface area contributed by atoms with Gasteiger partial charge in [-0.3, -0.25) is 9.80 Å². The van der Waals surface area contributed by atoms with Gasteiger partial charge in [0.1, 0.15) is 11.6 Å². The summed E-state index contributed by atoms with van der Waals surface area (Å²) in [5, 5.41) is 4.89. The highest BCUT2D eigenvalue weighted by Crippen LogP contribution is 2.36. The van der Waals surface area contributed by atoms with Crippen molar-refractivity contribution in [3.63, 3.8) is 0 Å². The third-order valence-corrected chi connectivity index (χ3v) is 7.63. The number of sulfonamides is 1. The van der Waals surface area contributed by atoms with Crippen molar-refractivity contribution in [3.8, 4) is 11.1 Å². The second kappa shape index (κ2) is 8.08. The van der Waals surface area contributed by atoms with Crippen LogP contribution in [0.5, 0.6) is 0 Å². The van der Waals surface area contributed by atoms with Gasteiger partial charge in [0.2, 0.25) is 10.0 Å². The quantitative estimate of drug-likeness (QED) is 0.545. The fraction of sp³-hybridized carbons (Fsp3) is 0.200. The molecule has 0 spiro atoms. The number of aromatic nitrogens is 1. The van der Waals surface area contributed by atoms with Crippen LogP contribution in [0.2, 0.25) is 0 Å². The largest absolute Gasteiger partial charge is 0.331 e. The van der Waals surface area contributed by atoms with Crippen molar-refractivity contribution in [2.45, 2.75) is 17.1 Å². The molecule has 4 rings (SSSR count). The maximum atomic E-state index is 14.5. The highest BCUT2D eigenvalue weighted by Gasteiger charge is 2.46. The molecule has 1 aliphatic rings. The molecule has 3 aromatic rings. The van der Waals surface area contributed by atoms with Gasteiger partial charge in [0.15, 0.2) is 9.34 Å². The third-order valence-electron chi connectivity index (χ3n) is 4.89. The molecule has 2 aromatic carbocycles. The summed E-state index contributed by atoms with van der Waals surface area (Å²) in [5.41, 5.74) is 0.349. The highest BCUT2D eigenvalue weighted by molar-refractivity contribution is 7.91. The van der Waals surface area contributed by atoms with E-state index in [1.54, 1.807) is 0 Å². The van der Waals surface area contributed by atoms with E-state index >= 15 is 0 Å². The monoisotopic (exact) mass is 500 g/mol. The lowest BCUT2D eigenvalue weighted by atomic mass is 10.0. The first-order valence-electron chi connectivity index (χ1n) is 9.38. The Morgan fingerprint density at radius 2 is 1.70 bits per heavy atom. The molecule has 0 radical (unpaired) electrons. The lowest BCUT2D eigenvalue weighted by Crippen LogP contribution is -2.59. The fourth-order valence-corrected chi connectivity index (χ4v) is 5.37. The number of nitrogens with two attached hydrogens (primary N) is 1. The summed E-state index contributed by atoms with van der Waals surface area (Å²) in [6.07, 6.45) is 0. The Bertz CT molecular complexity index is 1340. The number of benzene rings is 2. The van der Waals surface area contributed by atoms with Crippen LogP contribution in [0.3, 0.4) is 0 Å². The van der Waals surface area contributed by atoms with Gasteiger partial charge in [-0.2, -0.15) is 0 Å². The highest BCUT2D eigenvalue weighted by atomic mass is 32.2. The Labute approximate surface area is 190 Å². The summed E-state index contributed by atoms with van der Waals surface area (Å²) in [7, 11) is -4.14. The Morgan fingerprint density at radius 3 is 2.30 bits per heavy atom. The molecular formula is C20H16F4N4O3S2. The van der Waals surface area contributed by atoms with E-state index in [0.717, 1.165) is 23.1 Å². The number of alkyl halides is 2. The second-order valence-electron chi connectivity index (χ2n) is 7.40. The number of nitrogens with zero attached hydrogens (tertiary/aromatic N) is 3. The number of carbonyl (C=O) groups is 1. The SMILES string of the molecule is Cc1nc(N2CC(F)(F)CN(c3ccc(-c4cc(F)ccc4F)cc3)C2=O)sc1S(N)(=O)=O. The summed E-state index contributed by atoms with van der Waals surface area (Å²) < 4.78 is 79.6. The summed E-state index contributed by atoms with van der Waals surface area (Å²) in [4.78, 5) is 18.5. The summed E-state index contributed by atoms with van der Waals surface area (Å²) in [6.45, 7) is -0.581. The number of primary sulfonamides is 1. The van der Waals surface area contributed by atoms with Gasteiger partial charge in [0, 0.05) is 11.3 Å². The standard InChI is InChI=1S/C20H16F4N4O3S2/c1-11-17(33(25,30)31)32-18(26-11)28-10-20(23,24)9-27(19(28)29)14-5-2-12(3-6-14)15-8-13(21)4-7-16(15)22/h2-8H,9-10H2,1H3,(H2,25,30,31). The van der Waals surface area contributed by atoms with E-state index in [1.807, 2.05) is 0 Å². The summed E-state index contributed by atoms with van der Waals surface area (Å²) >= 11 is 0.521. The van der Waals surface area contributed by atoms with Gasteiger partial charge in [-0.05, 0) is 42.8 Å². The Kier molecular flexibility index (Phi) is 5.66. The Balaban J connectivity index is 1.68. The van der Waals surface area contributed by atoms with Gasteiger partial charge < -0.3 is 0 Å². The van der Waals surface area contributed by atoms with Gasteiger partial charge in [-0.15, -0.1) is 0 Å². The zero-order chi connectivity index (χ0) is 24.1. The molecule has 1 fully saturated rings. The molecule has 0 saturated carbocycles. The summed E-state index contributed by atoms with van der Waals surface area (Å²) in [6, 6.07) is 7.52. The third kappa shape index (κ3) is 4.56. The van der Waals surface area contributed by atoms with E-state index in [0.29, 0.717) is 16.2 Å². The van der Waals surface area contributed by atoms with Crippen LogP contribution >= 0.6 is 11.3 Å². The number of anilines is 2. The number of rotatable bonds is 4. The van der Waals surface area contributed by atoms with Crippen molar-refractivity contribution in [1.82, 2.24) is 4.98 Å². The van der Waals surface area contributed by atoms with E-state index in [-0.39, 0.29) is 31.8 Å². The minimum absolute atomic E-state index is 0.00721. The van der Waals surface area contributed by atoms with Crippen LogP contribution in [0.25, 0.3) is 11.1 Å². The molecule has 1 aliphatic heterocycles. The molecule has 0 bridgehead atoms. The van der Waals surface area contributed by atoms with E-state index in [1.165, 1.54) is 31.2 Å². The molecule has 1 saturated heterocycles. The molecule has 0 atom stereocenters. The minimum atomic E-state index is -4.14. The maximum absolute atomic E-state index is 14.5. The maximum Gasteiger partial charge on any atom is 0.331 e. The molecule has 174 valence electrons. The van der Waals surface area contributed by atoms with Crippen molar-refractivity contribution in [2.24, 2.45) is 5.14 Å². The molecule has 2 N–H and O–H groups in total. The van der Waals surface area contributed by atoms with Gasteiger partial charge in [-0.1, -0.05) is 23.5 Å². The topological polar surface area (TPSA) is 96.6 Å². The van der Waals surface area contributed by atoms with Gasteiger partial charge in [0.25, 0.3) is 5.92 Å². The predicted molar refractivity (Wildman–Crippen MR) is 115 cm³/mol. The van der Waals surface area contributed by atoms with Crippen LogP contribution in [0.4, 0.5) is 33.2 Å². The Morgan fingerprint density at radius 1 is 1.06 bits per heavy atom. The molecule has 7 nitrogen and oxygen atoms in total. The van der Waals surface area contributed by atoms with Crippen LogP contribution in [-0.4, -0.2) is 38.4 Å². The van der Waals surface area contributed by atoms with Crippen LogP contribution in [0, 0.1) is 18.6 Å². The first-order chi connectivity index (χ1) is 15.4. The molecule has 2 amide bonds. The molecular weight excluding hydrogens is 484 g/mol. The predicted octanol–water partition coefficient (Wildman–Crippen LogP) is 4.13. The number of hydrogen-bond acceptors (Lipinski definition) is 5. The number of amides is 2. The molecule has 1 aromatic heterocycles. The average Bonchev–Trinajstić information content (AvgIpc) is 3.13. The van der Waals surface area contributed by atoms with Gasteiger partial charge in [0.05, 0.1) is 18.8 Å². The van der Waals surface area contributed by atoms with Crippen LogP contribution in [-0.2, 0) is 10.0 Å². The van der Waals surface area contributed by atoms with Crippen LogP contribution in [0.15, 0.2) is 46.7 Å². The average molecular weight is 500 g/mol. The number of halogens is 4. The number of carbonyl (C=O) groups excluding carboxylic acids is 1. The minimum Gasteiger partial charge on any atom is -0.288 e. The number of urea groups is 1. The van der Waals surface area contributed by atoms with Crippen molar-refractivity contribution in [1.29, 1.82) is 0 Å². The Hall–Kier alpha value is -3.03. The van der Waals surface area contributed by atoms with E-state index in [9.17, 15) is 30.8 Å². The number of aryl methyl sites for hydroxylation is 1.